The summed E-state index contributed by atoms with van der Waals surface area (Å²) in [6, 6.07) is 4.54. The predicted molar refractivity (Wildman–Crippen MR) is 107 cm³/mol. The summed E-state index contributed by atoms with van der Waals surface area (Å²) in [6.45, 7) is 3.91. The first-order valence-corrected chi connectivity index (χ1v) is 9.73. The van der Waals surface area contributed by atoms with Crippen molar-refractivity contribution >= 4 is 35.0 Å². The molecule has 30 heavy (non-hydrogen) atoms. The van der Waals surface area contributed by atoms with E-state index in [1.54, 1.807) is 23.1 Å². The maximum atomic E-state index is 14.8. The van der Waals surface area contributed by atoms with Gasteiger partial charge in [0.05, 0.1) is 25.2 Å². The Balaban J connectivity index is 1.67. The van der Waals surface area contributed by atoms with E-state index >= 15 is 0 Å². The van der Waals surface area contributed by atoms with Crippen LogP contribution in [0, 0.1) is 5.82 Å². The molecule has 2 heterocycles. The molecule has 0 spiro atoms. The minimum absolute atomic E-state index is 0.124. The minimum atomic E-state index is -0.589. The highest BCUT2D eigenvalue weighted by atomic mass is 19.1. The first kappa shape index (κ1) is 21.5. The van der Waals surface area contributed by atoms with Gasteiger partial charge >= 0.3 is 6.09 Å². The van der Waals surface area contributed by atoms with E-state index in [0.29, 0.717) is 30.8 Å². The Kier molecular flexibility index (Phi) is 6.49. The Morgan fingerprint density at radius 2 is 2.03 bits per heavy atom. The smallest absolute Gasteiger partial charge is 0.414 e. The summed E-state index contributed by atoms with van der Waals surface area (Å²) in [5.74, 6) is -1.10. The Morgan fingerprint density at radius 3 is 2.63 bits per heavy atom. The molecule has 1 fully saturated rings. The Bertz CT molecular complexity index is 914. The molecule has 0 aliphatic carbocycles. The zero-order valence-corrected chi connectivity index (χ0v) is 16.9. The second kappa shape index (κ2) is 9.06. The van der Waals surface area contributed by atoms with Crippen LogP contribution in [0.4, 0.5) is 14.9 Å². The summed E-state index contributed by atoms with van der Waals surface area (Å²) in [4.78, 5) is 49.1. The number of nitrogens with one attached hydrogen (secondary N) is 1. The molecule has 1 aromatic carbocycles. The zero-order chi connectivity index (χ0) is 21.8. The van der Waals surface area contributed by atoms with Crippen molar-refractivity contribution in [2.24, 2.45) is 0 Å². The number of anilines is 1. The van der Waals surface area contributed by atoms with Crippen molar-refractivity contribution in [3.8, 4) is 0 Å². The standard InChI is InChI=1S/C21H24FN3O5/c1-13(26)9-20(28)24-7-5-15(6-8-24)18-4-3-16(10-19(18)22)25-12-17(30-21(25)29)11-23-14(2)27/h3-5,10,17H,6-9,11-12H2,1-2H3,(H,23,27)/t17-/m0/s1. The highest BCUT2D eigenvalue weighted by molar-refractivity contribution is 5.97. The summed E-state index contributed by atoms with van der Waals surface area (Å²) in [5.41, 5.74) is 1.57. The molecule has 0 bridgehead atoms. The number of ketones is 1. The fraction of sp³-hybridized carbons (Fsp3) is 0.429. The molecule has 9 heteroatoms. The highest BCUT2D eigenvalue weighted by Crippen LogP contribution is 2.29. The van der Waals surface area contributed by atoms with Crippen molar-refractivity contribution < 1.29 is 28.3 Å². The Hall–Kier alpha value is -3.23. The van der Waals surface area contributed by atoms with Gasteiger partial charge in [0, 0.05) is 25.6 Å². The van der Waals surface area contributed by atoms with Gasteiger partial charge in [0.1, 0.15) is 17.7 Å². The molecule has 0 saturated carbocycles. The normalized spacial score (nSPS) is 18.7. The molecule has 0 unspecified atom stereocenters. The second-order valence-electron chi connectivity index (χ2n) is 7.42. The maximum absolute atomic E-state index is 14.8. The molecule has 8 nitrogen and oxygen atoms in total. The van der Waals surface area contributed by atoms with E-state index < -0.39 is 18.0 Å². The number of amides is 3. The molecule has 1 N–H and O–H groups in total. The quantitative estimate of drug-likeness (QED) is 0.713. The van der Waals surface area contributed by atoms with Crippen LogP contribution in [0.1, 0.15) is 32.3 Å². The first-order chi connectivity index (χ1) is 14.2. The van der Waals surface area contributed by atoms with E-state index in [2.05, 4.69) is 5.32 Å². The van der Waals surface area contributed by atoms with Gasteiger partial charge in [-0.05, 0) is 37.1 Å². The molecule has 3 rings (SSSR count). The molecule has 2 aliphatic heterocycles. The molecule has 1 atom stereocenters. The van der Waals surface area contributed by atoms with Gasteiger partial charge in [-0.2, -0.15) is 0 Å². The zero-order valence-electron chi connectivity index (χ0n) is 16.9. The van der Waals surface area contributed by atoms with Crippen LogP contribution >= 0.6 is 0 Å². The third-order valence-electron chi connectivity index (χ3n) is 5.03. The molecule has 2 aliphatic rings. The fourth-order valence-corrected chi connectivity index (χ4v) is 3.49. The average Bonchev–Trinajstić information content (AvgIpc) is 3.06. The van der Waals surface area contributed by atoms with Crippen molar-refractivity contribution in [1.82, 2.24) is 10.2 Å². The molecular weight excluding hydrogens is 393 g/mol. The van der Waals surface area contributed by atoms with E-state index in [1.807, 2.05) is 0 Å². The molecule has 3 amide bonds. The van der Waals surface area contributed by atoms with Crippen LogP contribution in [-0.4, -0.2) is 60.9 Å². The lowest BCUT2D eigenvalue weighted by Crippen LogP contribution is -2.35. The van der Waals surface area contributed by atoms with Gasteiger partial charge in [0.2, 0.25) is 11.8 Å². The van der Waals surface area contributed by atoms with E-state index in [4.69, 9.17) is 4.74 Å². The number of halogens is 1. The molecule has 0 aromatic heterocycles. The summed E-state index contributed by atoms with van der Waals surface area (Å²) in [7, 11) is 0. The van der Waals surface area contributed by atoms with Gasteiger partial charge in [-0.1, -0.05) is 6.08 Å². The number of carbonyl (C=O) groups is 4. The summed E-state index contributed by atoms with van der Waals surface area (Å²) in [6.07, 6.45) is 1.05. The molecule has 1 saturated heterocycles. The summed E-state index contributed by atoms with van der Waals surface area (Å²) < 4.78 is 20.0. The van der Waals surface area contributed by atoms with Crippen molar-refractivity contribution in [3.05, 3.63) is 35.7 Å². The summed E-state index contributed by atoms with van der Waals surface area (Å²) >= 11 is 0. The minimum Gasteiger partial charge on any atom is -0.442 e. The Labute approximate surface area is 173 Å². The van der Waals surface area contributed by atoms with Crippen LogP contribution in [-0.2, 0) is 19.1 Å². The van der Waals surface area contributed by atoms with Gasteiger partial charge < -0.3 is 15.0 Å². The lowest BCUT2D eigenvalue weighted by atomic mass is 9.98. The van der Waals surface area contributed by atoms with Crippen molar-refractivity contribution in [1.29, 1.82) is 0 Å². The average molecular weight is 417 g/mol. The van der Waals surface area contributed by atoms with Gasteiger partial charge in [0.25, 0.3) is 0 Å². The van der Waals surface area contributed by atoms with Gasteiger partial charge in [-0.3, -0.25) is 19.3 Å². The van der Waals surface area contributed by atoms with Crippen molar-refractivity contribution in [2.45, 2.75) is 32.8 Å². The number of ether oxygens (including phenoxy) is 1. The number of cyclic esters (lactones) is 1. The topological polar surface area (TPSA) is 96.0 Å². The number of hydrogen-bond donors (Lipinski definition) is 1. The largest absolute Gasteiger partial charge is 0.442 e. The lowest BCUT2D eigenvalue weighted by Gasteiger charge is -2.26. The fourth-order valence-electron chi connectivity index (χ4n) is 3.49. The second-order valence-corrected chi connectivity index (χ2v) is 7.42. The van der Waals surface area contributed by atoms with Gasteiger partial charge in [-0.25, -0.2) is 9.18 Å². The van der Waals surface area contributed by atoms with Crippen LogP contribution < -0.4 is 10.2 Å². The third kappa shape index (κ3) is 5.03. The Morgan fingerprint density at radius 1 is 1.27 bits per heavy atom. The molecule has 0 radical (unpaired) electrons. The maximum Gasteiger partial charge on any atom is 0.414 e. The number of hydrogen-bond acceptors (Lipinski definition) is 5. The number of rotatable bonds is 6. The van der Waals surface area contributed by atoms with Crippen LogP contribution in [0.5, 0.6) is 0 Å². The van der Waals surface area contributed by atoms with E-state index in [1.165, 1.54) is 24.8 Å². The van der Waals surface area contributed by atoms with E-state index in [0.717, 1.165) is 5.57 Å². The third-order valence-corrected chi connectivity index (χ3v) is 5.03. The summed E-state index contributed by atoms with van der Waals surface area (Å²) in [5, 5.41) is 2.59. The molecule has 1 aromatic rings. The first-order valence-electron chi connectivity index (χ1n) is 9.73. The molecule has 160 valence electrons. The lowest BCUT2D eigenvalue weighted by molar-refractivity contribution is -0.134. The van der Waals surface area contributed by atoms with Crippen LogP contribution in [0.2, 0.25) is 0 Å². The SMILES string of the molecule is CC(=O)CC(=O)N1CC=C(c2ccc(N3C[C@H](CNC(C)=O)OC3=O)cc2F)CC1. The number of carbonyl (C=O) groups excluding carboxylic acids is 4. The van der Waals surface area contributed by atoms with E-state index in [-0.39, 0.29) is 37.1 Å². The van der Waals surface area contributed by atoms with Crippen molar-refractivity contribution in [3.63, 3.8) is 0 Å². The van der Waals surface area contributed by atoms with Crippen LogP contribution in [0.15, 0.2) is 24.3 Å². The highest BCUT2D eigenvalue weighted by Gasteiger charge is 2.33. The monoisotopic (exact) mass is 417 g/mol. The molecular formula is C21H24FN3O5. The van der Waals surface area contributed by atoms with Crippen LogP contribution in [0.25, 0.3) is 5.57 Å². The number of nitrogens with zero attached hydrogens (tertiary/aromatic N) is 2. The number of benzene rings is 1. The van der Waals surface area contributed by atoms with E-state index in [9.17, 15) is 23.6 Å². The number of Topliss-reactive ketones (excluding diaryl/α,β-unsaturated/α-hetero) is 1. The predicted octanol–water partition coefficient (Wildman–Crippen LogP) is 1.88. The van der Waals surface area contributed by atoms with Gasteiger partial charge in [-0.15, -0.1) is 0 Å². The van der Waals surface area contributed by atoms with Crippen molar-refractivity contribution in [2.75, 3.05) is 31.1 Å². The van der Waals surface area contributed by atoms with Gasteiger partial charge in [0.15, 0.2) is 0 Å². The van der Waals surface area contributed by atoms with Crippen LogP contribution in [0.3, 0.4) is 0 Å².